The number of aryl methyl sites for hydroxylation is 1. The summed E-state index contributed by atoms with van der Waals surface area (Å²) in [6.07, 6.45) is 0. The Labute approximate surface area is 65.9 Å². The highest BCUT2D eigenvalue weighted by Crippen LogP contribution is 2.17. The Morgan fingerprint density at radius 1 is 1.50 bits per heavy atom. The van der Waals surface area contributed by atoms with Crippen LogP contribution in [0.1, 0.15) is 30.5 Å². The van der Waals surface area contributed by atoms with Gasteiger partial charge >= 0.3 is 0 Å². The first kappa shape index (κ1) is 9.59. The molecular formula is C7H14N2S. The highest BCUT2D eigenvalue weighted by atomic mass is 32.1. The molecule has 3 N–H and O–H groups in total. The second kappa shape index (κ2) is 3.68. The van der Waals surface area contributed by atoms with Crippen LogP contribution in [0.4, 0.5) is 0 Å². The zero-order chi connectivity index (χ0) is 6.85. The average molecular weight is 158 g/mol. The Kier molecular flexibility index (Phi) is 3.53. The van der Waals surface area contributed by atoms with Crippen LogP contribution in [0.15, 0.2) is 5.38 Å². The summed E-state index contributed by atoms with van der Waals surface area (Å²) >= 11 is 1.75. The lowest BCUT2D eigenvalue weighted by molar-refractivity contribution is 0.847. The van der Waals surface area contributed by atoms with Crippen LogP contribution >= 0.6 is 11.3 Å². The summed E-state index contributed by atoms with van der Waals surface area (Å²) in [4.78, 5) is 4.33. The lowest BCUT2D eigenvalue weighted by Crippen LogP contribution is -1.83. The summed E-state index contributed by atoms with van der Waals surface area (Å²) < 4.78 is 0. The Bertz CT molecular complexity index is 193. The van der Waals surface area contributed by atoms with Crippen molar-refractivity contribution in [1.82, 2.24) is 11.1 Å². The molecule has 0 atom stereocenters. The second-order valence-electron chi connectivity index (χ2n) is 2.48. The molecule has 1 rings (SSSR count). The van der Waals surface area contributed by atoms with Gasteiger partial charge in [-0.15, -0.1) is 11.3 Å². The Morgan fingerprint density at radius 3 is 2.30 bits per heavy atom. The van der Waals surface area contributed by atoms with Gasteiger partial charge < -0.3 is 6.15 Å². The van der Waals surface area contributed by atoms with Crippen molar-refractivity contribution in [3.63, 3.8) is 0 Å². The molecule has 0 radical (unpaired) electrons. The normalized spacial score (nSPS) is 9.60. The van der Waals surface area contributed by atoms with Crippen molar-refractivity contribution in [1.29, 1.82) is 0 Å². The molecule has 0 unspecified atom stereocenters. The molecule has 0 aromatic carbocycles. The summed E-state index contributed by atoms with van der Waals surface area (Å²) in [5, 5.41) is 3.34. The zero-order valence-electron chi connectivity index (χ0n) is 6.72. The van der Waals surface area contributed by atoms with E-state index in [9.17, 15) is 0 Å². The van der Waals surface area contributed by atoms with Crippen molar-refractivity contribution >= 4 is 11.3 Å². The highest BCUT2D eigenvalue weighted by Gasteiger charge is 2.01. The third-order valence-corrected chi connectivity index (χ3v) is 2.39. The summed E-state index contributed by atoms with van der Waals surface area (Å²) in [6.45, 7) is 6.36. The van der Waals surface area contributed by atoms with Gasteiger partial charge in [-0.05, 0) is 6.92 Å². The number of hydrogen-bond donors (Lipinski definition) is 1. The molecule has 0 spiro atoms. The van der Waals surface area contributed by atoms with Crippen LogP contribution in [0, 0.1) is 6.92 Å². The van der Waals surface area contributed by atoms with Gasteiger partial charge in [0, 0.05) is 17.0 Å². The summed E-state index contributed by atoms with van der Waals surface area (Å²) in [7, 11) is 0. The van der Waals surface area contributed by atoms with Crippen LogP contribution in [0.2, 0.25) is 0 Å². The van der Waals surface area contributed by atoms with Crippen molar-refractivity contribution in [3.8, 4) is 0 Å². The number of hydrogen-bond acceptors (Lipinski definition) is 3. The van der Waals surface area contributed by atoms with Crippen LogP contribution in [0.25, 0.3) is 0 Å². The molecule has 0 amide bonds. The first-order chi connectivity index (χ1) is 4.20. The molecule has 0 aliphatic carbocycles. The minimum atomic E-state index is 0. The van der Waals surface area contributed by atoms with Gasteiger partial charge in [0.2, 0.25) is 0 Å². The van der Waals surface area contributed by atoms with Gasteiger partial charge in [0.1, 0.15) is 0 Å². The lowest BCUT2D eigenvalue weighted by atomic mass is 10.2. The Hall–Kier alpha value is -0.410. The van der Waals surface area contributed by atoms with Crippen LogP contribution in [-0.2, 0) is 0 Å². The van der Waals surface area contributed by atoms with Gasteiger partial charge in [0.25, 0.3) is 0 Å². The molecule has 0 fully saturated rings. The largest absolute Gasteiger partial charge is 0.344 e. The maximum atomic E-state index is 4.33. The van der Waals surface area contributed by atoms with Crippen LogP contribution in [-0.4, -0.2) is 4.98 Å². The van der Waals surface area contributed by atoms with E-state index < -0.39 is 0 Å². The van der Waals surface area contributed by atoms with E-state index in [-0.39, 0.29) is 6.15 Å². The van der Waals surface area contributed by atoms with Gasteiger partial charge in [-0.1, -0.05) is 13.8 Å². The van der Waals surface area contributed by atoms with E-state index in [0.717, 1.165) is 5.69 Å². The molecule has 1 heterocycles. The zero-order valence-corrected chi connectivity index (χ0v) is 7.53. The van der Waals surface area contributed by atoms with Gasteiger partial charge in [-0.2, -0.15) is 0 Å². The van der Waals surface area contributed by atoms with E-state index in [4.69, 9.17) is 0 Å². The summed E-state index contributed by atoms with van der Waals surface area (Å²) in [6, 6.07) is 0. The minimum Gasteiger partial charge on any atom is -0.344 e. The summed E-state index contributed by atoms with van der Waals surface area (Å²) in [5.41, 5.74) is 1.14. The molecule has 1 aromatic heterocycles. The quantitative estimate of drug-likeness (QED) is 0.683. The van der Waals surface area contributed by atoms with Crippen LogP contribution < -0.4 is 6.15 Å². The van der Waals surface area contributed by atoms with E-state index in [0.29, 0.717) is 5.92 Å². The third-order valence-electron chi connectivity index (χ3n) is 1.13. The first-order valence-corrected chi connectivity index (χ1v) is 4.00. The fourth-order valence-electron chi connectivity index (χ4n) is 0.637. The molecule has 0 bridgehead atoms. The highest BCUT2D eigenvalue weighted by molar-refractivity contribution is 7.09. The second-order valence-corrected chi connectivity index (χ2v) is 3.37. The van der Waals surface area contributed by atoms with Gasteiger partial charge in [-0.3, -0.25) is 0 Å². The van der Waals surface area contributed by atoms with Crippen molar-refractivity contribution < 1.29 is 0 Å². The first-order valence-electron chi connectivity index (χ1n) is 3.12. The molecule has 2 nitrogen and oxygen atoms in total. The maximum Gasteiger partial charge on any atom is 0.0953 e. The molecule has 1 aromatic rings. The smallest absolute Gasteiger partial charge is 0.0953 e. The van der Waals surface area contributed by atoms with Gasteiger partial charge in [0.15, 0.2) is 0 Å². The van der Waals surface area contributed by atoms with Crippen molar-refractivity contribution in [2.45, 2.75) is 26.7 Å². The SMILES string of the molecule is Cc1csc(C(C)C)n1.N. The molecule has 3 heteroatoms. The Morgan fingerprint density at radius 2 is 2.10 bits per heavy atom. The third kappa shape index (κ3) is 2.08. The predicted octanol–water partition coefficient (Wildman–Crippen LogP) is 2.74. The molecular weight excluding hydrogens is 144 g/mol. The van der Waals surface area contributed by atoms with Gasteiger partial charge in [-0.25, -0.2) is 4.98 Å². The fraction of sp³-hybridized carbons (Fsp3) is 0.571. The maximum absolute atomic E-state index is 4.33. The average Bonchev–Trinajstić information content (AvgIpc) is 2.14. The van der Waals surface area contributed by atoms with Crippen LogP contribution in [0.5, 0.6) is 0 Å². The Balaban J connectivity index is 0.000000810. The molecule has 0 aliphatic rings. The predicted molar refractivity (Wildman–Crippen MR) is 46.0 cm³/mol. The fourth-order valence-corrected chi connectivity index (χ4v) is 1.45. The lowest BCUT2D eigenvalue weighted by Gasteiger charge is -1.94. The van der Waals surface area contributed by atoms with Crippen LogP contribution in [0.3, 0.4) is 0 Å². The van der Waals surface area contributed by atoms with Crippen molar-refractivity contribution in [2.75, 3.05) is 0 Å². The molecule has 0 aliphatic heterocycles. The monoisotopic (exact) mass is 158 g/mol. The van der Waals surface area contributed by atoms with Gasteiger partial charge in [0.05, 0.1) is 5.01 Å². The summed E-state index contributed by atoms with van der Waals surface area (Å²) in [5.74, 6) is 0.587. The number of rotatable bonds is 1. The van der Waals surface area contributed by atoms with Crippen molar-refractivity contribution in [3.05, 3.63) is 16.1 Å². The molecule has 58 valence electrons. The number of thiazole rings is 1. The van der Waals surface area contributed by atoms with E-state index in [1.54, 1.807) is 11.3 Å². The number of aromatic nitrogens is 1. The van der Waals surface area contributed by atoms with E-state index >= 15 is 0 Å². The minimum absolute atomic E-state index is 0. The molecule has 0 saturated carbocycles. The standard InChI is InChI=1S/C7H11NS.H3N/c1-5(2)7-8-6(3)4-9-7;/h4-5H,1-3H3;1H3. The topological polar surface area (TPSA) is 47.9 Å². The molecule has 0 saturated heterocycles. The molecule has 10 heavy (non-hydrogen) atoms. The van der Waals surface area contributed by atoms with E-state index in [1.165, 1.54) is 5.01 Å². The van der Waals surface area contributed by atoms with E-state index in [2.05, 4.69) is 24.2 Å². The number of nitrogens with zero attached hydrogens (tertiary/aromatic N) is 1. The van der Waals surface area contributed by atoms with E-state index in [1.807, 2.05) is 6.92 Å². The van der Waals surface area contributed by atoms with Crippen molar-refractivity contribution in [2.24, 2.45) is 0 Å².